The van der Waals surface area contributed by atoms with Crippen molar-refractivity contribution < 1.29 is 9.90 Å². The van der Waals surface area contributed by atoms with E-state index in [1.165, 1.54) is 5.54 Å². The second-order valence-electron chi connectivity index (χ2n) is 2.63. The maximum atomic E-state index is 10.1. The first kappa shape index (κ1) is 11.5. The average Bonchev–Trinajstić information content (AvgIpc) is 2.03. The molecule has 0 aliphatic carbocycles. The van der Waals surface area contributed by atoms with E-state index in [0.29, 0.717) is 13.0 Å². The van der Waals surface area contributed by atoms with Crippen LogP contribution in [-0.2, 0) is 4.79 Å². The Morgan fingerprint density at radius 3 is 2.83 bits per heavy atom. The van der Waals surface area contributed by atoms with Crippen LogP contribution in [0.25, 0.3) is 0 Å². The van der Waals surface area contributed by atoms with Crippen molar-refractivity contribution in [1.29, 1.82) is 0 Å². The lowest BCUT2D eigenvalue weighted by atomic mass is 10.3. The molecule has 2 N–H and O–H groups in total. The maximum Gasteiger partial charge on any atom is 0.303 e. The molecule has 0 saturated heterocycles. The van der Waals surface area contributed by atoms with E-state index < -0.39 is 5.97 Å². The second-order valence-corrected chi connectivity index (χ2v) is 2.85. The lowest BCUT2D eigenvalue weighted by molar-refractivity contribution is -0.137. The van der Waals surface area contributed by atoms with Gasteiger partial charge in [0.2, 0.25) is 0 Å². The van der Waals surface area contributed by atoms with Crippen molar-refractivity contribution in [3.63, 3.8) is 0 Å². The van der Waals surface area contributed by atoms with Crippen LogP contribution in [0.15, 0.2) is 11.1 Å². The first-order chi connectivity index (χ1) is 5.66. The lowest BCUT2D eigenvalue weighted by Gasteiger charge is -2.01. The Kier molecular flexibility index (Phi) is 6.81. The van der Waals surface area contributed by atoms with Crippen molar-refractivity contribution in [3.05, 3.63) is 11.1 Å². The molecule has 0 fully saturated rings. The number of nitrogens with one attached hydrogen (secondary N) is 1. The molecule has 70 valence electrons. The minimum atomic E-state index is -0.749. The lowest BCUT2D eigenvalue weighted by Crippen LogP contribution is -2.18. The van der Waals surface area contributed by atoms with Crippen molar-refractivity contribution in [2.75, 3.05) is 13.1 Å². The Bertz CT molecular complexity index is 168. The molecule has 4 heteroatoms. The first-order valence-electron chi connectivity index (χ1n) is 3.85. The van der Waals surface area contributed by atoms with Gasteiger partial charge in [-0.1, -0.05) is 11.6 Å². The van der Waals surface area contributed by atoms with Gasteiger partial charge in [0.1, 0.15) is 0 Å². The zero-order valence-electron chi connectivity index (χ0n) is 7.14. The highest BCUT2D eigenvalue weighted by Gasteiger charge is 1.95. The van der Waals surface area contributed by atoms with Gasteiger partial charge in [-0.3, -0.25) is 4.79 Å². The van der Waals surface area contributed by atoms with Gasteiger partial charge in [-0.05, 0) is 25.5 Å². The first-order valence-corrected chi connectivity index (χ1v) is 4.29. The number of hydrogen-bond donors (Lipinski definition) is 2. The number of carboxylic acids is 1. The fourth-order valence-electron chi connectivity index (χ4n) is 0.689. The Morgan fingerprint density at radius 2 is 2.33 bits per heavy atom. The van der Waals surface area contributed by atoms with Crippen molar-refractivity contribution in [2.45, 2.75) is 19.8 Å². The molecule has 0 aromatic heterocycles. The topological polar surface area (TPSA) is 49.3 Å². The van der Waals surface area contributed by atoms with Crippen LogP contribution >= 0.6 is 11.6 Å². The van der Waals surface area contributed by atoms with Crippen LogP contribution in [0.4, 0.5) is 0 Å². The summed E-state index contributed by atoms with van der Waals surface area (Å²) in [6.45, 7) is 3.36. The van der Waals surface area contributed by atoms with E-state index >= 15 is 0 Å². The van der Waals surface area contributed by atoms with Crippen LogP contribution < -0.4 is 5.32 Å². The van der Waals surface area contributed by atoms with Crippen molar-refractivity contribution in [1.82, 2.24) is 5.32 Å². The van der Waals surface area contributed by atoms with E-state index in [1.807, 2.05) is 6.92 Å². The zero-order valence-corrected chi connectivity index (χ0v) is 7.90. The molecule has 0 spiro atoms. The van der Waals surface area contributed by atoms with Crippen molar-refractivity contribution in [3.8, 4) is 0 Å². The maximum absolute atomic E-state index is 10.1. The fourth-order valence-corrected chi connectivity index (χ4v) is 0.766. The SMILES string of the molecule is CC(=CCl)CNCCCC(=O)O. The van der Waals surface area contributed by atoms with Gasteiger partial charge in [0.25, 0.3) is 0 Å². The molecule has 0 aromatic carbocycles. The predicted octanol–water partition coefficient (Wildman–Crippen LogP) is 1.58. The Labute approximate surface area is 77.4 Å². The van der Waals surface area contributed by atoms with Gasteiger partial charge in [-0.15, -0.1) is 0 Å². The molecule has 3 nitrogen and oxygen atoms in total. The monoisotopic (exact) mass is 191 g/mol. The summed E-state index contributed by atoms with van der Waals surface area (Å²) in [5.74, 6) is -0.749. The third kappa shape index (κ3) is 7.57. The molecule has 0 aliphatic heterocycles. The summed E-state index contributed by atoms with van der Waals surface area (Å²) < 4.78 is 0. The van der Waals surface area contributed by atoms with Crippen molar-refractivity contribution in [2.24, 2.45) is 0 Å². The van der Waals surface area contributed by atoms with E-state index in [4.69, 9.17) is 16.7 Å². The van der Waals surface area contributed by atoms with E-state index in [-0.39, 0.29) is 6.42 Å². The summed E-state index contributed by atoms with van der Waals surface area (Å²) in [4.78, 5) is 10.1. The fraction of sp³-hybridized carbons (Fsp3) is 0.625. The van der Waals surface area contributed by atoms with E-state index in [0.717, 1.165) is 12.1 Å². The van der Waals surface area contributed by atoms with E-state index in [1.54, 1.807) is 0 Å². The molecular weight excluding hydrogens is 178 g/mol. The number of carbonyl (C=O) groups is 1. The second kappa shape index (κ2) is 7.13. The van der Waals surface area contributed by atoms with Gasteiger partial charge in [0.15, 0.2) is 0 Å². The molecule has 0 aliphatic rings. The molecule has 12 heavy (non-hydrogen) atoms. The van der Waals surface area contributed by atoms with E-state index in [2.05, 4.69) is 5.32 Å². The van der Waals surface area contributed by atoms with Crippen LogP contribution in [0.5, 0.6) is 0 Å². The number of carboxylic acid groups (broad SMARTS) is 1. The van der Waals surface area contributed by atoms with E-state index in [9.17, 15) is 4.79 Å². The highest BCUT2D eigenvalue weighted by molar-refractivity contribution is 6.25. The summed E-state index contributed by atoms with van der Waals surface area (Å²) in [6.07, 6.45) is 0.877. The summed E-state index contributed by atoms with van der Waals surface area (Å²) in [7, 11) is 0. The summed E-state index contributed by atoms with van der Waals surface area (Å²) in [5, 5.41) is 11.4. The van der Waals surface area contributed by atoms with Gasteiger partial charge in [0, 0.05) is 18.5 Å². The van der Waals surface area contributed by atoms with Crippen LogP contribution in [-0.4, -0.2) is 24.2 Å². The van der Waals surface area contributed by atoms with Gasteiger partial charge >= 0.3 is 5.97 Å². The molecular formula is C8H14ClNO2. The molecule has 0 rings (SSSR count). The van der Waals surface area contributed by atoms with Crippen molar-refractivity contribution >= 4 is 17.6 Å². The Morgan fingerprint density at radius 1 is 1.67 bits per heavy atom. The molecule has 0 saturated carbocycles. The average molecular weight is 192 g/mol. The zero-order chi connectivity index (χ0) is 9.40. The highest BCUT2D eigenvalue weighted by Crippen LogP contribution is 1.92. The van der Waals surface area contributed by atoms with Crippen LogP contribution in [0.2, 0.25) is 0 Å². The van der Waals surface area contributed by atoms with Crippen LogP contribution in [0.3, 0.4) is 0 Å². The smallest absolute Gasteiger partial charge is 0.303 e. The predicted molar refractivity (Wildman–Crippen MR) is 49.3 cm³/mol. The number of hydrogen-bond acceptors (Lipinski definition) is 2. The van der Waals surface area contributed by atoms with Gasteiger partial charge < -0.3 is 10.4 Å². The van der Waals surface area contributed by atoms with Gasteiger partial charge in [0.05, 0.1) is 0 Å². The molecule has 0 bridgehead atoms. The van der Waals surface area contributed by atoms with Crippen LogP contribution in [0, 0.1) is 0 Å². The molecule has 0 unspecified atom stereocenters. The number of aliphatic carboxylic acids is 1. The third-order valence-corrected chi connectivity index (χ3v) is 1.71. The molecule has 0 heterocycles. The molecule has 0 radical (unpaired) electrons. The molecule has 0 amide bonds. The third-order valence-electron chi connectivity index (χ3n) is 1.33. The largest absolute Gasteiger partial charge is 0.481 e. The minimum absolute atomic E-state index is 0.219. The number of halogens is 1. The Balaban J connectivity index is 3.16. The van der Waals surface area contributed by atoms with Crippen LogP contribution in [0.1, 0.15) is 19.8 Å². The quantitative estimate of drug-likeness (QED) is 0.627. The molecule has 0 atom stereocenters. The Hall–Kier alpha value is -0.540. The summed E-state index contributed by atoms with van der Waals surface area (Å²) in [6, 6.07) is 0. The molecule has 0 aromatic rings. The summed E-state index contributed by atoms with van der Waals surface area (Å²) >= 11 is 5.42. The van der Waals surface area contributed by atoms with Gasteiger partial charge in [-0.25, -0.2) is 0 Å². The standard InChI is InChI=1S/C8H14ClNO2/c1-7(5-9)6-10-4-2-3-8(11)12/h5,10H,2-4,6H2,1H3,(H,11,12). The highest BCUT2D eigenvalue weighted by atomic mass is 35.5. The number of rotatable bonds is 6. The summed E-state index contributed by atoms with van der Waals surface area (Å²) in [5.41, 5.74) is 2.57. The van der Waals surface area contributed by atoms with Gasteiger partial charge in [-0.2, -0.15) is 0 Å². The minimum Gasteiger partial charge on any atom is -0.481 e. The normalized spacial score (nSPS) is 11.7.